The van der Waals surface area contributed by atoms with Crippen LogP contribution in [0.15, 0.2) is 77.8 Å². The van der Waals surface area contributed by atoms with Crippen molar-refractivity contribution < 1.29 is 17.6 Å². The monoisotopic (exact) mass is 470 g/mol. The number of hydrogen-bond acceptors (Lipinski definition) is 3. The molecule has 4 rings (SSSR count). The summed E-state index contributed by atoms with van der Waals surface area (Å²) < 4.78 is 41.4. The Bertz CT molecular complexity index is 1430. The van der Waals surface area contributed by atoms with Crippen LogP contribution >= 0.6 is 11.6 Å². The van der Waals surface area contributed by atoms with E-state index in [-0.39, 0.29) is 23.1 Å². The number of fused-ring (bicyclic) bond motifs is 1. The van der Waals surface area contributed by atoms with Crippen LogP contribution in [0.3, 0.4) is 0 Å². The Morgan fingerprint density at radius 1 is 1.06 bits per heavy atom. The van der Waals surface area contributed by atoms with Crippen molar-refractivity contribution >= 4 is 43.9 Å². The van der Waals surface area contributed by atoms with E-state index >= 15 is 0 Å². The first kappa shape index (κ1) is 22.0. The van der Waals surface area contributed by atoms with Crippen LogP contribution in [0.25, 0.3) is 10.9 Å². The summed E-state index contributed by atoms with van der Waals surface area (Å²) >= 11 is 6.20. The fourth-order valence-corrected chi connectivity index (χ4v) is 5.43. The predicted octanol–water partition coefficient (Wildman–Crippen LogP) is 5.35. The predicted molar refractivity (Wildman–Crippen MR) is 124 cm³/mol. The lowest BCUT2D eigenvalue weighted by molar-refractivity contribution is -0.116. The van der Waals surface area contributed by atoms with E-state index in [1.54, 1.807) is 47.0 Å². The molecule has 32 heavy (non-hydrogen) atoms. The molecule has 0 fully saturated rings. The molecule has 0 saturated heterocycles. The lowest BCUT2D eigenvalue weighted by Gasteiger charge is -2.09. The summed E-state index contributed by atoms with van der Waals surface area (Å²) in [5.41, 5.74) is 2.42. The van der Waals surface area contributed by atoms with Gasteiger partial charge in [-0.15, -0.1) is 0 Å². The average molecular weight is 471 g/mol. The highest BCUT2D eigenvalue weighted by Gasteiger charge is 2.22. The standard InChI is InChI=1S/C24H20ClFN2O3S/c1-16-9-10-21(20(25)11-16)27-24(29)14-28-13-23(19-7-2-3-8-22(19)28)32(30,31)15-17-5-4-6-18(26)12-17/h2-13H,14-15H2,1H3,(H,27,29). The minimum Gasteiger partial charge on any atom is -0.337 e. The molecule has 0 atom stereocenters. The molecule has 164 valence electrons. The summed E-state index contributed by atoms with van der Waals surface area (Å²) in [6.45, 7) is 1.80. The third-order valence-electron chi connectivity index (χ3n) is 5.05. The van der Waals surface area contributed by atoms with E-state index in [0.29, 0.717) is 27.2 Å². The second-order valence-corrected chi connectivity index (χ2v) is 9.92. The molecule has 0 saturated carbocycles. The van der Waals surface area contributed by atoms with Gasteiger partial charge in [-0.3, -0.25) is 4.79 Å². The zero-order valence-corrected chi connectivity index (χ0v) is 18.8. The van der Waals surface area contributed by atoms with E-state index in [9.17, 15) is 17.6 Å². The number of carbonyl (C=O) groups is 1. The van der Waals surface area contributed by atoms with Gasteiger partial charge < -0.3 is 9.88 Å². The number of aromatic nitrogens is 1. The highest BCUT2D eigenvalue weighted by molar-refractivity contribution is 7.90. The minimum absolute atomic E-state index is 0.0959. The zero-order valence-electron chi connectivity index (χ0n) is 17.2. The number of sulfone groups is 1. The van der Waals surface area contributed by atoms with Gasteiger partial charge in [0.05, 0.1) is 21.4 Å². The van der Waals surface area contributed by atoms with Crippen molar-refractivity contribution in [3.63, 3.8) is 0 Å². The molecular weight excluding hydrogens is 451 g/mol. The normalized spacial score (nSPS) is 11.6. The molecular formula is C24H20ClFN2O3S. The van der Waals surface area contributed by atoms with Crippen LogP contribution in [-0.4, -0.2) is 18.9 Å². The minimum atomic E-state index is -3.78. The second-order valence-electron chi connectivity index (χ2n) is 7.56. The summed E-state index contributed by atoms with van der Waals surface area (Å²) in [4.78, 5) is 12.8. The molecule has 1 N–H and O–H groups in total. The van der Waals surface area contributed by atoms with Gasteiger partial charge in [0, 0.05) is 17.1 Å². The van der Waals surface area contributed by atoms with Gasteiger partial charge in [-0.2, -0.15) is 0 Å². The molecule has 0 aliphatic heterocycles. The Morgan fingerprint density at radius 2 is 1.84 bits per heavy atom. The molecule has 0 unspecified atom stereocenters. The number of aryl methyl sites for hydroxylation is 1. The van der Waals surface area contributed by atoms with Crippen molar-refractivity contribution in [3.8, 4) is 0 Å². The molecule has 0 bridgehead atoms. The number of benzene rings is 3. The fourth-order valence-electron chi connectivity index (χ4n) is 3.58. The van der Waals surface area contributed by atoms with Gasteiger partial charge in [0.15, 0.2) is 9.84 Å². The van der Waals surface area contributed by atoms with E-state index in [4.69, 9.17) is 11.6 Å². The van der Waals surface area contributed by atoms with Gasteiger partial charge in [-0.05, 0) is 48.4 Å². The Morgan fingerprint density at radius 3 is 2.59 bits per heavy atom. The molecule has 3 aromatic carbocycles. The summed E-state index contributed by atoms with van der Waals surface area (Å²) in [6.07, 6.45) is 1.45. The molecule has 0 aliphatic rings. The number of nitrogens with zero attached hydrogens (tertiary/aromatic N) is 1. The Labute approximate surface area is 190 Å². The lowest BCUT2D eigenvalue weighted by atomic mass is 10.2. The topological polar surface area (TPSA) is 68.2 Å². The van der Waals surface area contributed by atoms with Crippen molar-refractivity contribution in [2.75, 3.05) is 5.32 Å². The Hall–Kier alpha value is -3.16. The van der Waals surface area contributed by atoms with Gasteiger partial charge in [0.2, 0.25) is 5.91 Å². The van der Waals surface area contributed by atoms with Crippen LogP contribution in [-0.2, 0) is 26.9 Å². The molecule has 8 heteroatoms. The first-order valence-electron chi connectivity index (χ1n) is 9.84. The average Bonchev–Trinajstić information content (AvgIpc) is 3.09. The SMILES string of the molecule is Cc1ccc(NC(=O)Cn2cc(S(=O)(=O)Cc3cccc(F)c3)c3ccccc32)c(Cl)c1. The van der Waals surface area contributed by atoms with Crippen molar-refractivity contribution in [2.24, 2.45) is 0 Å². The van der Waals surface area contributed by atoms with Crippen molar-refractivity contribution in [1.82, 2.24) is 4.57 Å². The maximum absolute atomic E-state index is 13.5. The van der Waals surface area contributed by atoms with Crippen LogP contribution in [0.5, 0.6) is 0 Å². The number of anilines is 1. The maximum Gasteiger partial charge on any atom is 0.244 e. The molecule has 1 aromatic heterocycles. The lowest BCUT2D eigenvalue weighted by Crippen LogP contribution is -2.18. The molecule has 0 spiro atoms. The van der Waals surface area contributed by atoms with Crippen LogP contribution in [0.1, 0.15) is 11.1 Å². The summed E-state index contributed by atoms with van der Waals surface area (Å²) in [6, 6.07) is 17.8. The Balaban J connectivity index is 1.64. The number of nitrogens with one attached hydrogen (secondary N) is 1. The van der Waals surface area contributed by atoms with Crippen LogP contribution in [0.4, 0.5) is 10.1 Å². The quantitative estimate of drug-likeness (QED) is 0.412. The summed E-state index contributed by atoms with van der Waals surface area (Å²) in [7, 11) is -3.78. The van der Waals surface area contributed by atoms with Crippen molar-refractivity contribution in [3.05, 3.63) is 94.9 Å². The first-order chi connectivity index (χ1) is 15.2. The molecule has 4 aromatic rings. The van der Waals surface area contributed by atoms with E-state index in [2.05, 4.69) is 5.32 Å². The highest BCUT2D eigenvalue weighted by Crippen LogP contribution is 2.29. The zero-order chi connectivity index (χ0) is 22.9. The van der Waals surface area contributed by atoms with Gasteiger partial charge in [-0.1, -0.05) is 48.0 Å². The summed E-state index contributed by atoms with van der Waals surface area (Å²) in [5, 5.41) is 3.69. The molecule has 1 amide bonds. The first-order valence-corrected chi connectivity index (χ1v) is 11.9. The van der Waals surface area contributed by atoms with Crippen molar-refractivity contribution in [1.29, 1.82) is 0 Å². The van der Waals surface area contributed by atoms with Gasteiger partial charge in [0.1, 0.15) is 12.4 Å². The van der Waals surface area contributed by atoms with Gasteiger partial charge in [0.25, 0.3) is 0 Å². The van der Waals surface area contributed by atoms with Crippen LogP contribution in [0, 0.1) is 12.7 Å². The fraction of sp³-hybridized carbons (Fsp3) is 0.125. The third kappa shape index (κ3) is 4.69. The van der Waals surface area contributed by atoms with E-state index in [1.165, 1.54) is 24.4 Å². The van der Waals surface area contributed by atoms with Crippen molar-refractivity contribution in [2.45, 2.75) is 24.1 Å². The highest BCUT2D eigenvalue weighted by atomic mass is 35.5. The molecule has 5 nitrogen and oxygen atoms in total. The number of para-hydroxylation sites is 1. The van der Waals surface area contributed by atoms with E-state index < -0.39 is 15.7 Å². The second kappa shape index (κ2) is 8.76. The number of carbonyl (C=O) groups excluding carboxylic acids is 1. The number of halogens is 2. The summed E-state index contributed by atoms with van der Waals surface area (Å²) in [5.74, 6) is -1.18. The van der Waals surface area contributed by atoms with Gasteiger partial charge in [-0.25, -0.2) is 12.8 Å². The largest absolute Gasteiger partial charge is 0.337 e. The molecule has 0 radical (unpaired) electrons. The number of amides is 1. The van der Waals surface area contributed by atoms with Gasteiger partial charge >= 0.3 is 0 Å². The third-order valence-corrected chi connectivity index (χ3v) is 7.07. The van der Waals surface area contributed by atoms with E-state index in [1.807, 2.05) is 13.0 Å². The van der Waals surface area contributed by atoms with Crippen LogP contribution in [0.2, 0.25) is 5.02 Å². The Kier molecular flexibility index (Phi) is 6.04. The number of hydrogen-bond donors (Lipinski definition) is 1. The number of rotatable bonds is 6. The molecule has 1 heterocycles. The smallest absolute Gasteiger partial charge is 0.244 e. The molecule has 0 aliphatic carbocycles. The maximum atomic E-state index is 13.5. The van der Waals surface area contributed by atoms with E-state index in [0.717, 1.165) is 5.56 Å². The van der Waals surface area contributed by atoms with Crippen LogP contribution < -0.4 is 5.32 Å².